The molecule has 124 valence electrons. The summed E-state index contributed by atoms with van der Waals surface area (Å²) in [5.74, 6) is 1.99. The van der Waals surface area contributed by atoms with Crippen LogP contribution in [0, 0.1) is 39.9 Å². The Balaban J connectivity index is 1.70. The third-order valence-electron chi connectivity index (χ3n) is 8.30. The number of fused-ring (bicyclic) bond motifs is 5. The first kappa shape index (κ1) is 15.4. The standard InChI is InChI=1S/C20H27NO2/c1-18-8-5-14(22)11-13(18)3-4-15-16(18)6-9-19(2)17(15)7-10-20(19,23)12-21/h11,15-17,23H,3-10H2,1-2H3/t15-,16-,17+,18+,19+,20?/m1/s1. The van der Waals surface area contributed by atoms with Crippen LogP contribution in [-0.4, -0.2) is 16.5 Å². The largest absolute Gasteiger partial charge is 0.375 e. The number of nitriles is 1. The molecule has 0 heterocycles. The molecular weight excluding hydrogens is 286 g/mol. The molecule has 0 aromatic rings. The molecule has 3 heteroatoms. The zero-order chi connectivity index (χ0) is 16.5. The Morgan fingerprint density at radius 2 is 1.87 bits per heavy atom. The maximum atomic E-state index is 11.8. The first-order valence-corrected chi connectivity index (χ1v) is 9.22. The molecular formula is C20H27NO2. The van der Waals surface area contributed by atoms with Gasteiger partial charge >= 0.3 is 0 Å². The Bertz CT molecular complexity index is 632. The molecule has 1 N–H and O–H groups in total. The molecule has 0 aromatic heterocycles. The number of ketones is 1. The fourth-order valence-corrected chi connectivity index (χ4v) is 6.76. The quantitative estimate of drug-likeness (QED) is 0.692. The Kier molecular flexibility index (Phi) is 3.14. The molecule has 4 aliphatic rings. The SMILES string of the molecule is C[C@]12CCC(=O)C=C1CC[C@@H]1[C@H]2CC[C@@]2(C)[C@H]1CCC2(O)C#N. The van der Waals surface area contributed by atoms with E-state index in [1.54, 1.807) is 0 Å². The fourth-order valence-electron chi connectivity index (χ4n) is 6.76. The summed E-state index contributed by atoms with van der Waals surface area (Å²) in [5, 5.41) is 20.4. The van der Waals surface area contributed by atoms with Crippen molar-refractivity contribution in [2.75, 3.05) is 0 Å². The Hall–Kier alpha value is -1.14. The zero-order valence-electron chi connectivity index (χ0n) is 14.3. The number of allylic oxidation sites excluding steroid dienone is 1. The van der Waals surface area contributed by atoms with Crippen molar-refractivity contribution in [2.45, 2.75) is 70.8 Å². The summed E-state index contributed by atoms with van der Waals surface area (Å²) in [6.45, 7) is 4.53. The molecule has 3 fully saturated rings. The lowest BCUT2D eigenvalue weighted by Gasteiger charge is -2.58. The highest BCUT2D eigenvalue weighted by Crippen LogP contribution is 2.67. The van der Waals surface area contributed by atoms with Gasteiger partial charge < -0.3 is 5.11 Å². The van der Waals surface area contributed by atoms with Gasteiger partial charge in [-0.15, -0.1) is 0 Å². The normalized spacial score (nSPS) is 52.0. The van der Waals surface area contributed by atoms with Crippen molar-refractivity contribution in [3.63, 3.8) is 0 Å². The van der Waals surface area contributed by atoms with Crippen molar-refractivity contribution >= 4 is 5.78 Å². The molecule has 1 unspecified atom stereocenters. The number of aliphatic hydroxyl groups is 1. The van der Waals surface area contributed by atoms with Crippen LogP contribution in [-0.2, 0) is 4.79 Å². The van der Waals surface area contributed by atoms with Crippen LogP contribution in [0.2, 0.25) is 0 Å². The molecule has 6 atom stereocenters. The summed E-state index contributed by atoms with van der Waals surface area (Å²) in [7, 11) is 0. The Labute approximate surface area is 138 Å². The molecule has 0 amide bonds. The molecule has 0 radical (unpaired) electrons. The van der Waals surface area contributed by atoms with E-state index in [0.717, 1.165) is 38.5 Å². The van der Waals surface area contributed by atoms with Gasteiger partial charge in [0.2, 0.25) is 0 Å². The Morgan fingerprint density at radius 3 is 2.61 bits per heavy atom. The number of hydrogen-bond donors (Lipinski definition) is 1. The monoisotopic (exact) mass is 313 g/mol. The minimum Gasteiger partial charge on any atom is -0.375 e. The highest BCUT2D eigenvalue weighted by molar-refractivity contribution is 5.91. The molecule has 3 saturated carbocycles. The number of carbonyl (C=O) groups is 1. The lowest BCUT2D eigenvalue weighted by molar-refractivity contribution is -0.119. The molecule has 23 heavy (non-hydrogen) atoms. The molecule has 0 saturated heterocycles. The summed E-state index contributed by atoms with van der Waals surface area (Å²) in [6, 6.07) is 2.25. The number of rotatable bonds is 0. The second-order valence-electron chi connectivity index (χ2n) is 8.94. The number of hydrogen-bond acceptors (Lipinski definition) is 3. The van der Waals surface area contributed by atoms with Crippen LogP contribution in [0.1, 0.15) is 65.2 Å². The predicted molar refractivity (Wildman–Crippen MR) is 87.3 cm³/mol. The maximum Gasteiger partial charge on any atom is 0.156 e. The van der Waals surface area contributed by atoms with E-state index in [2.05, 4.69) is 19.9 Å². The van der Waals surface area contributed by atoms with E-state index in [9.17, 15) is 15.2 Å². The van der Waals surface area contributed by atoms with Gasteiger partial charge in [0.15, 0.2) is 11.4 Å². The minimum atomic E-state index is -1.14. The van der Waals surface area contributed by atoms with Crippen molar-refractivity contribution in [2.24, 2.45) is 28.6 Å². The third-order valence-corrected chi connectivity index (χ3v) is 8.30. The van der Waals surface area contributed by atoms with E-state index in [0.29, 0.717) is 36.4 Å². The van der Waals surface area contributed by atoms with Crippen molar-refractivity contribution in [1.82, 2.24) is 0 Å². The average molecular weight is 313 g/mol. The van der Waals surface area contributed by atoms with Gasteiger partial charge in [-0.2, -0.15) is 5.26 Å². The van der Waals surface area contributed by atoms with Gasteiger partial charge in [-0.05, 0) is 74.2 Å². The van der Waals surface area contributed by atoms with Crippen molar-refractivity contribution in [3.8, 4) is 6.07 Å². The highest BCUT2D eigenvalue weighted by Gasteiger charge is 2.64. The maximum absolute atomic E-state index is 11.8. The van der Waals surface area contributed by atoms with Crippen LogP contribution in [0.25, 0.3) is 0 Å². The minimum absolute atomic E-state index is 0.172. The van der Waals surface area contributed by atoms with Crippen LogP contribution in [0.3, 0.4) is 0 Å². The van der Waals surface area contributed by atoms with Crippen molar-refractivity contribution in [1.29, 1.82) is 5.26 Å². The van der Waals surface area contributed by atoms with E-state index in [1.165, 1.54) is 5.57 Å². The van der Waals surface area contributed by atoms with E-state index in [1.807, 2.05) is 6.08 Å². The van der Waals surface area contributed by atoms with Gasteiger partial charge in [0.1, 0.15) is 0 Å². The molecule has 0 spiro atoms. The predicted octanol–water partition coefficient (Wildman–Crippen LogP) is 3.77. The van der Waals surface area contributed by atoms with Crippen LogP contribution >= 0.6 is 0 Å². The average Bonchev–Trinajstić information content (AvgIpc) is 2.80. The summed E-state index contributed by atoms with van der Waals surface area (Å²) in [4.78, 5) is 11.8. The summed E-state index contributed by atoms with van der Waals surface area (Å²) >= 11 is 0. The second-order valence-corrected chi connectivity index (χ2v) is 8.94. The van der Waals surface area contributed by atoms with E-state index in [-0.39, 0.29) is 10.8 Å². The Morgan fingerprint density at radius 1 is 1.13 bits per heavy atom. The number of nitrogens with zero attached hydrogens (tertiary/aromatic N) is 1. The molecule has 4 rings (SSSR count). The molecule has 0 aliphatic heterocycles. The van der Waals surface area contributed by atoms with Gasteiger partial charge in [0, 0.05) is 11.8 Å². The molecule has 3 nitrogen and oxygen atoms in total. The highest BCUT2D eigenvalue weighted by atomic mass is 16.3. The van der Waals surface area contributed by atoms with Crippen LogP contribution in [0.15, 0.2) is 11.6 Å². The summed E-state index contributed by atoms with van der Waals surface area (Å²) in [5.41, 5.74) is 0.172. The zero-order valence-corrected chi connectivity index (χ0v) is 14.3. The van der Waals surface area contributed by atoms with Gasteiger partial charge in [-0.3, -0.25) is 4.79 Å². The smallest absolute Gasteiger partial charge is 0.156 e. The number of carbonyl (C=O) groups excluding carboxylic acids is 1. The van der Waals surface area contributed by atoms with Gasteiger partial charge in [0.05, 0.1) is 6.07 Å². The van der Waals surface area contributed by atoms with Crippen LogP contribution in [0.5, 0.6) is 0 Å². The first-order valence-electron chi connectivity index (χ1n) is 9.22. The summed E-state index contributed by atoms with van der Waals surface area (Å²) in [6.07, 6.45) is 9.42. The van der Waals surface area contributed by atoms with Crippen molar-refractivity contribution < 1.29 is 9.90 Å². The third kappa shape index (κ3) is 1.82. The van der Waals surface area contributed by atoms with Crippen LogP contribution in [0.4, 0.5) is 0 Å². The van der Waals surface area contributed by atoms with Crippen LogP contribution < -0.4 is 0 Å². The van der Waals surface area contributed by atoms with Gasteiger partial charge in [0.25, 0.3) is 0 Å². The van der Waals surface area contributed by atoms with E-state index < -0.39 is 5.60 Å². The molecule has 0 aromatic carbocycles. The molecule has 4 aliphatic carbocycles. The van der Waals surface area contributed by atoms with Crippen molar-refractivity contribution in [3.05, 3.63) is 11.6 Å². The van der Waals surface area contributed by atoms with Gasteiger partial charge in [-0.25, -0.2) is 0 Å². The topological polar surface area (TPSA) is 61.1 Å². The summed E-state index contributed by atoms with van der Waals surface area (Å²) < 4.78 is 0. The van der Waals surface area contributed by atoms with E-state index in [4.69, 9.17) is 0 Å². The second kappa shape index (κ2) is 4.70. The fraction of sp³-hybridized carbons (Fsp3) is 0.800. The first-order chi connectivity index (χ1) is 10.8. The van der Waals surface area contributed by atoms with Gasteiger partial charge in [-0.1, -0.05) is 19.4 Å². The lowest BCUT2D eigenvalue weighted by atomic mass is 9.46. The van der Waals surface area contributed by atoms with E-state index >= 15 is 0 Å². The molecule has 0 bridgehead atoms. The lowest BCUT2D eigenvalue weighted by Crippen LogP contribution is -2.54.